The van der Waals surface area contributed by atoms with Crippen molar-refractivity contribution in [2.45, 2.75) is 20.8 Å². The Balaban J connectivity index is 1.91. The molecule has 0 aliphatic carbocycles. The molecule has 2 aromatic carbocycles. The highest BCUT2D eigenvalue weighted by Crippen LogP contribution is 2.35. The molecular weight excluding hydrogens is 352 g/mol. The van der Waals surface area contributed by atoms with Gasteiger partial charge in [-0.2, -0.15) is 0 Å². The highest BCUT2D eigenvalue weighted by atomic mass is 32.2. The number of benzene rings is 2. The third-order valence-electron chi connectivity index (χ3n) is 4.20. The lowest BCUT2D eigenvalue weighted by atomic mass is 9.95. The molecule has 1 fully saturated rings. The molecular formula is C19H20N2O4S. The van der Waals surface area contributed by atoms with E-state index in [1.807, 2.05) is 25.1 Å². The number of carbonyl (C=O) groups excluding carboxylic acids is 2. The van der Waals surface area contributed by atoms with Crippen LogP contribution in [0.4, 0.5) is 11.4 Å². The van der Waals surface area contributed by atoms with Crippen molar-refractivity contribution in [2.75, 3.05) is 15.4 Å². The maximum Gasteiger partial charge on any atom is 0.255 e. The van der Waals surface area contributed by atoms with E-state index in [2.05, 4.69) is 5.32 Å². The van der Waals surface area contributed by atoms with Gasteiger partial charge in [-0.15, -0.1) is 0 Å². The lowest BCUT2D eigenvalue weighted by Gasteiger charge is -2.18. The number of anilines is 2. The zero-order valence-corrected chi connectivity index (χ0v) is 15.6. The van der Waals surface area contributed by atoms with Gasteiger partial charge in [0.15, 0.2) is 0 Å². The quantitative estimate of drug-likeness (QED) is 0.898. The van der Waals surface area contributed by atoms with Crippen molar-refractivity contribution in [1.29, 1.82) is 0 Å². The predicted octanol–water partition coefficient (Wildman–Crippen LogP) is 2.95. The van der Waals surface area contributed by atoms with Crippen LogP contribution in [0.5, 0.6) is 0 Å². The number of rotatable bonds is 3. The van der Waals surface area contributed by atoms with Crippen LogP contribution in [0.3, 0.4) is 0 Å². The van der Waals surface area contributed by atoms with Crippen LogP contribution in [-0.4, -0.2) is 26.0 Å². The highest BCUT2D eigenvalue weighted by molar-refractivity contribution is 7.94. The lowest BCUT2D eigenvalue weighted by molar-refractivity contribution is -0.123. The normalized spacial score (nSPS) is 18.0. The molecule has 1 heterocycles. The van der Waals surface area contributed by atoms with Gasteiger partial charge < -0.3 is 5.32 Å². The molecule has 0 saturated carbocycles. The van der Waals surface area contributed by atoms with Gasteiger partial charge >= 0.3 is 0 Å². The fourth-order valence-corrected chi connectivity index (χ4v) is 5.06. The zero-order chi connectivity index (χ0) is 19.1. The average molecular weight is 372 g/mol. The number of nitrogens with one attached hydrogen (secondary N) is 1. The van der Waals surface area contributed by atoms with Crippen molar-refractivity contribution in [1.82, 2.24) is 0 Å². The fourth-order valence-electron chi connectivity index (χ4n) is 2.96. The maximum atomic E-state index is 12.5. The van der Waals surface area contributed by atoms with Gasteiger partial charge in [0.25, 0.3) is 5.91 Å². The summed E-state index contributed by atoms with van der Waals surface area (Å²) >= 11 is 0. The molecule has 0 aromatic heterocycles. The number of nitrogens with zero attached hydrogens (tertiary/aromatic N) is 1. The van der Waals surface area contributed by atoms with Crippen LogP contribution >= 0.6 is 0 Å². The summed E-state index contributed by atoms with van der Waals surface area (Å²) < 4.78 is 25.6. The van der Waals surface area contributed by atoms with Gasteiger partial charge in [-0.25, -0.2) is 12.7 Å². The fraction of sp³-hybridized carbons (Fsp3) is 0.263. The van der Waals surface area contributed by atoms with Crippen LogP contribution in [0.2, 0.25) is 0 Å². The standard InChI is InChI=1S/C19H20N2O4S/c1-13-6-4-8-15(10-13)20-17(22)14-7-5-9-16(11-14)21-18(23)19(2,3)12-26(21,24)25/h4-11H,12H2,1-3H3,(H,20,22). The predicted molar refractivity (Wildman–Crippen MR) is 101 cm³/mol. The second kappa shape index (κ2) is 6.25. The van der Waals surface area contributed by atoms with E-state index in [1.165, 1.54) is 12.1 Å². The first-order chi connectivity index (χ1) is 12.1. The first-order valence-electron chi connectivity index (χ1n) is 8.16. The first-order valence-corrected chi connectivity index (χ1v) is 9.77. The Kier molecular flexibility index (Phi) is 4.36. The van der Waals surface area contributed by atoms with Crippen molar-refractivity contribution < 1.29 is 18.0 Å². The van der Waals surface area contributed by atoms with Gasteiger partial charge in [-0.05, 0) is 56.7 Å². The van der Waals surface area contributed by atoms with Gasteiger partial charge in [0.1, 0.15) is 0 Å². The van der Waals surface area contributed by atoms with E-state index in [9.17, 15) is 18.0 Å². The van der Waals surface area contributed by atoms with E-state index >= 15 is 0 Å². The number of aryl methyl sites for hydroxylation is 1. The molecule has 2 amide bonds. The summed E-state index contributed by atoms with van der Waals surface area (Å²) in [5, 5.41) is 2.77. The number of hydrogen-bond donors (Lipinski definition) is 1. The molecule has 0 atom stereocenters. The van der Waals surface area contributed by atoms with Gasteiger partial charge in [0.05, 0.1) is 16.9 Å². The summed E-state index contributed by atoms with van der Waals surface area (Å²) in [4.78, 5) is 25.0. The van der Waals surface area contributed by atoms with Crippen molar-refractivity contribution >= 4 is 33.2 Å². The van der Waals surface area contributed by atoms with Gasteiger partial charge in [-0.1, -0.05) is 18.2 Å². The molecule has 2 aromatic rings. The number of amides is 2. The maximum absolute atomic E-state index is 12.5. The monoisotopic (exact) mass is 372 g/mol. The molecule has 0 bridgehead atoms. The third kappa shape index (κ3) is 3.35. The van der Waals surface area contributed by atoms with Gasteiger partial charge in [0.2, 0.25) is 15.9 Å². The van der Waals surface area contributed by atoms with E-state index in [4.69, 9.17) is 0 Å². The summed E-state index contributed by atoms with van der Waals surface area (Å²) in [6.45, 7) is 5.12. The lowest BCUT2D eigenvalue weighted by Crippen LogP contribution is -2.33. The van der Waals surface area contributed by atoms with Crippen LogP contribution in [0.1, 0.15) is 29.8 Å². The summed E-state index contributed by atoms with van der Waals surface area (Å²) in [5.41, 5.74) is 1.12. The van der Waals surface area contributed by atoms with Gasteiger partial charge in [-0.3, -0.25) is 9.59 Å². The molecule has 7 heteroatoms. The third-order valence-corrected chi connectivity index (χ3v) is 6.22. The molecule has 1 aliphatic heterocycles. The number of hydrogen-bond acceptors (Lipinski definition) is 4. The SMILES string of the molecule is Cc1cccc(NC(=O)c2cccc(N3C(=O)C(C)(C)CS3(=O)=O)c2)c1. The molecule has 0 spiro atoms. The molecule has 3 rings (SSSR count). The molecule has 136 valence electrons. The van der Waals surface area contributed by atoms with Crippen molar-refractivity contribution in [2.24, 2.45) is 5.41 Å². The molecule has 26 heavy (non-hydrogen) atoms. The molecule has 0 radical (unpaired) electrons. The molecule has 6 nitrogen and oxygen atoms in total. The molecule has 1 saturated heterocycles. The summed E-state index contributed by atoms with van der Waals surface area (Å²) in [5.74, 6) is -1.12. The van der Waals surface area contributed by atoms with Crippen LogP contribution in [0, 0.1) is 12.3 Å². The summed E-state index contributed by atoms with van der Waals surface area (Å²) in [7, 11) is -3.75. The Morgan fingerprint density at radius 2 is 1.81 bits per heavy atom. The van der Waals surface area contributed by atoms with Crippen LogP contribution < -0.4 is 9.62 Å². The molecule has 1 N–H and O–H groups in total. The van der Waals surface area contributed by atoms with Crippen LogP contribution in [0.15, 0.2) is 48.5 Å². The minimum Gasteiger partial charge on any atom is -0.322 e. The molecule has 1 aliphatic rings. The zero-order valence-electron chi connectivity index (χ0n) is 14.8. The summed E-state index contributed by atoms with van der Waals surface area (Å²) in [6, 6.07) is 13.4. The van der Waals surface area contributed by atoms with E-state index in [0.717, 1.165) is 9.87 Å². The average Bonchev–Trinajstić information content (AvgIpc) is 2.70. The smallest absolute Gasteiger partial charge is 0.255 e. The number of carbonyl (C=O) groups is 2. The van der Waals surface area contributed by atoms with Gasteiger partial charge in [0, 0.05) is 11.3 Å². The Bertz CT molecular complexity index is 996. The minimum absolute atomic E-state index is 0.178. The van der Waals surface area contributed by atoms with Crippen molar-refractivity contribution in [3.63, 3.8) is 0 Å². The molecule has 0 unspecified atom stereocenters. The topological polar surface area (TPSA) is 83.6 Å². The Morgan fingerprint density at radius 3 is 2.42 bits per heavy atom. The first kappa shape index (κ1) is 18.1. The van der Waals surface area contributed by atoms with E-state index < -0.39 is 21.3 Å². The van der Waals surface area contributed by atoms with E-state index in [-0.39, 0.29) is 22.9 Å². The van der Waals surface area contributed by atoms with Crippen LogP contribution in [-0.2, 0) is 14.8 Å². The summed E-state index contributed by atoms with van der Waals surface area (Å²) in [6.07, 6.45) is 0. The second-order valence-electron chi connectivity index (χ2n) is 7.08. The van der Waals surface area contributed by atoms with Crippen LogP contribution in [0.25, 0.3) is 0 Å². The van der Waals surface area contributed by atoms with E-state index in [0.29, 0.717) is 5.69 Å². The Hall–Kier alpha value is -2.67. The second-order valence-corrected chi connectivity index (χ2v) is 8.90. The Labute approximate surface area is 152 Å². The highest BCUT2D eigenvalue weighted by Gasteiger charge is 2.49. The Morgan fingerprint density at radius 1 is 1.12 bits per heavy atom. The van der Waals surface area contributed by atoms with Crippen molar-refractivity contribution in [3.05, 3.63) is 59.7 Å². The number of sulfonamides is 1. The van der Waals surface area contributed by atoms with E-state index in [1.54, 1.807) is 32.0 Å². The largest absolute Gasteiger partial charge is 0.322 e. The van der Waals surface area contributed by atoms with Crippen molar-refractivity contribution in [3.8, 4) is 0 Å². The minimum atomic E-state index is -3.75.